The van der Waals surface area contributed by atoms with Gasteiger partial charge in [-0.3, -0.25) is 0 Å². The Morgan fingerprint density at radius 2 is 1.94 bits per heavy atom. The molecule has 0 bridgehead atoms. The highest BCUT2D eigenvalue weighted by molar-refractivity contribution is 5.74. The molecule has 4 heteroatoms. The average Bonchev–Trinajstić information content (AvgIpc) is 2.33. The van der Waals surface area contributed by atoms with Crippen LogP contribution in [0.2, 0.25) is 0 Å². The largest absolute Gasteiger partial charge is 0.338 e. The van der Waals surface area contributed by atoms with E-state index in [4.69, 9.17) is 5.73 Å². The molecular weight excluding hydrogens is 214 g/mol. The van der Waals surface area contributed by atoms with Crippen LogP contribution in [0.3, 0.4) is 0 Å². The van der Waals surface area contributed by atoms with Crippen molar-refractivity contribution in [3.05, 3.63) is 0 Å². The van der Waals surface area contributed by atoms with E-state index in [9.17, 15) is 4.79 Å². The summed E-state index contributed by atoms with van der Waals surface area (Å²) in [6.45, 7) is 5.76. The molecule has 2 amide bonds. The fourth-order valence-electron chi connectivity index (χ4n) is 2.45. The Kier molecular flexibility index (Phi) is 6.34. The second-order valence-electron chi connectivity index (χ2n) is 4.94. The molecule has 1 saturated carbocycles. The first-order chi connectivity index (χ1) is 8.19. The zero-order valence-electron chi connectivity index (χ0n) is 11.2. The van der Waals surface area contributed by atoms with Gasteiger partial charge < -0.3 is 16.0 Å². The highest BCUT2D eigenvalue weighted by Gasteiger charge is 2.26. The molecule has 0 unspecified atom stereocenters. The molecule has 0 aromatic carbocycles. The normalized spacial score (nSPS) is 24.4. The molecule has 3 N–H and O–H groups in total. The van der Waals surface area contributed by atoms with Gasteiger partial charge in [0.25, 0.3) is 0 Å². The number of nitrogens with zero attached hydrogens (tertiary/aromatic N) is 1. The van der Waals surface area contributed by atoms with E-state index in [-0.39, 0.29) is 6.03 Å². The number of urea groups is 1. The lowest BCUT2D eigenvalue weighted by molar-refractivity contribution is 0.156. The lowest BCUT2D eigenvalue weighted by Crippen LogP contribution is -2.48. The van der Waals surface area contributed by atoms with Crippen molar-refractivity contribution in [3.8, 4) is 0 Å². The van der Waals surface area contributed by atoms with Crippen LogP contribution in [0.1, 0.15) is 52.4 Å². The number of carbonyl (C=O) groups is 1. The van der Waals surface area contributed by atoms with Gasteiger partial charge in [0.05, 0.1) is 0 Å². The van der Waals surface area contributed by atoms with Crippen LogP contribution in [0.5, 0.6) is 0 Å². The fourth-order valence-corrected chi connectivity index (χ4v) is 2.45. The van der Waals surface area contributed by atoms with E-state index in [1.54, 1.807) is 0 Å². The minimum absolute atomic E-state index is 0.0985. The van der Waals surface area contributed by atoms with Crippen molar-refractivity contribution < 1.29 is 4.79 Å². The predicted octanol–water partition coefficient (Wildman–Crippen LogP) is 2.09. The van der Waals surface area contributed by atoms with Crippen molar-refractivity contribution in [1.29, 1.82) is 0 Å². The maximum Gasteiger partial charge on any atom is 0.317 e. The van der Waals surface area contributed by atoms with Crippen LogP contribution < -0.4 is 11.1 Å². The Balaban J connectivity index is 2.38. The summed E-state index contributed by atoms with van der Waals surface area (Å²) < 4.78 is 0. The zero-order valence-corrected chi connectivity index (χ0v) is 11.2. The standard InChI is InChI=1S/C13H27N3O/c1-3-5-10-15-13(17)16(4-2)12-8-6-11(14)7-9-12/h11-12H,3-10,14H2,1-2H3,(H,15,17). The van der Waals surface area contributed by atoms with E-state index in [1.807, 2.05) is 11.8 Å². The number of rotatable bonds is 5. The topological polar surface area (TPSA) is 58.4 Å². The Hall–Kier alpha value is -0.770. The fraction of sp³-hybridized carbons (Fsp3) is 0.923. The van der Waals surface area contributed by atoms with Crippen LogP contribution in [0.15, 0.2) is 0 Å². The number of nitrogens with one attached hydrogen (secondary N) is 1. The number of nitrogens with two attached hydrogens (primary N) is 1. The lowest BCUT2D eigenvalue weighted by Gasteiger charge is -2.35. The third-order valence-corrected chi connectivity index (χ3v) is 3.59. The van der Waals surface area contributed by atoms with Crippen LogP contribution in [-0.4, -0.2) is 36.1 Å². The van der Waals surface area contributed by atoms with Crippen molar-refractivity contribution in [2.45, 2.75) is 64.5 Å². The molecule has 0 spiro atoms. The summed E-state index contributed by atoms with van der Waals surface area (Å²) in [5.41, 5.74) is 5.89. The van der Waals surface area contributed by atoms with E-state index < -0.39 is 0 Å². The molecule has 100 valence electrons. The molecule has 17 heavy (non-hydrogen) atoms. The lowest BCUT2D eigenvalue weighted by atomic mass is 9.91. The Labute approximate surface area is 105 Å². The van der Waals surface area contributed by atoms with Crippen molar-refractivity contribution in [3.63, 3.8) is 0 Å². The van der Waals surface area contributed by atoms with E-state index in [2.05, 4.69) is 12.2 Å². The molecule has 1 aliphatic rings. The van der Waals surface area contributed by atoms with Crippen LogP contribution in [0.4, 0.5) is 4.79 Å². The second kappa shape index (κ2) is 7.54. The summed E-state index contributed by atoms with van der Waals surface area (Å²) in [6.07, 6.45) is 6.36. The van der Waals surface area contributed by atoms with E-state index in [1.165, 1.54) is 0 Å². The third-order valence-electron chi connectivity index (χ3n) is 3.59. The van der Waals surface area contributed by atoms with Gasteiger partial charge in [-0.05, 0) is 39.0 Å². The highest BCUT2D eigenvalue weighted by Crippen LogP contribution is 2.21. The highest BCUT2D eigenvalue weighted by atomic mass is 16.2. The summed E-state index contributed by atoms with van der Waals surface area (Å²) in [7, 11) is 0. The monoisotopic (exact) mass is 241 g/mol. The molecular formula is C13H27N3O. The molecule has 0 aliphatic heterocycles. The van der Waals surface area contributed by atoms with Crippen LogP contribution in [0.25, 0.3) is 0 Å². The number of hydrogen-bond donors (Lipinski definition) is 2. The first kappa shape index (κ1) is 14.3. The van der Waals surface area contributed by atoms with Gasteiger partial charge in [0, 0.05) is 25.2 Å². The van der Waals surface area contributed by atoms with Crippen molar-refractivity contribution >= 4 is 6.03 Å². The van der Waals surface area contributed by atoms with Gasteiger partial charge >= 0.3 is 6.03 Å². The SMILES string of the molecule is CCCCNC(=O)N(CC)C1CCC(N)CC1. The molecule has 1 aliphatic carbocycles. The summed E-state index contributed by atoms with van der Waals surface area (Å²) in [5, 5.41) is 3.00. The number of amides is 2. The second-order valence-corrected chi connectivity index (χ2v) is 4.94. The van der Waals surface area contributed by atoms with E-state index >= 15 is 0 Å². The summed E-state index contributed by atoms with van der Waals surface area (Å²) in [4.78, 5) is 14.0. The van der Waals surface area contributed by atoms with Crippen molar-refractivity contribution in [2.75, 3.05) is 13.1 Å². The van der Waals surface area contributed by atoms with E-state index in [0.29, 0.717) is 12.1 Å². The van der Waals surface area contributed by atoms with Gasteiger partial charge in [-0.15, -0.1) is 0 Å². The van der Waals surface area contributed by atoms with Gasteiger partial charge in [0.1, 0.15) is 0 Å². The Morgan fingerprint density at radius 1 is 1.29 bits per heavy atom. The summed E-state index contributed by atoms with van der Waals surface area (Å²) >= 11 is 0. The van der Waals surface area contributed by atoms with Crippen LogP contribution in [-0.2, 0) is 0 Å². The maximum atomic E-state index is 12.0. The Bertz CT molecular complexity index is 225. The predicted molar refractivity (Wildman–Crippen MR) is 70.9 cm³/mol. The van der Waals surface area contributed by atoms with Crippen molar-refractivity contribution in [1.82, 2.24) is 10.2 Å². The zero-order chi connectivity index (χ0) is 12.7. The minimum Gasteiger partial charge on any atom is -0.338 e. The van der Waals surface area contributed by atoms with Gasteiger partial charge in [0.15, 0.2) is 0 Å². The quantitative estimate of drug-likeness (QED) is 0.724. The molecule has 1 rings (SSSR count). The molecule has 0 atom stereocenters. The third kappa shape index (κ3) is 4.54. The minimum atomic E-state index is 0.0985. The average molecular weight is 241 g/mol. The molecule has 0 aromatic heterocycles. The van der Waals surface area contributed by atoms with Crippen LogP contribution >= 0.6 is 0 Å². The first-order valence-electron chi connectivity index (χ1n) is 6.99. The van der Waals surface area contributed by atoms with Crippen LogP contribution in [0, 0.1) is 0 Å². The maximum absolute atomic E-state index is 12.0. The summed E-state index contributed by atoms with van der Waals surface area (Å²) in [6, 6.07) is 0.830. The van der Waals surface area contributed by atoms with Gasteiger partial charge in [-0.2, -0.15) is 0 Å². The van der Waals surface area contributed by atoms with Crippen molar-refractivity contribution in [2.24, 2.45) is 5.73 Å². The van der Waals surface area contributed by atoms with E-state index in [0.717, 1.165) is 51.6 Å². The van der Waals surface area contributed by atoms with Gasteiger partial charge in [-0.25, -0.2) is 4.79 Å². The first-order valence-corrected chi connectivity index (χ1v) is 6.99. The van der Waals surface area contributed by atoms with Gasteiger partial charge in [0.2, 0.25) is 0 Å². The molecule has 1 fully saturated rings. The number of unbranched alkanes of at least 4 members (excludes halogenated alkanes) is 1. The number of carbonyl (C=O) groups excluding carboxylic acids is 1. The molecule has 0 aromatic rings. The summed E-state index contributed by atoms with van der Waals surface area (Å²) in [5.74, 6) is 0. The van der Waals surface area contributed by atoms with Gasteiger partial charge in [-0.1, -0.05) is 13.3 Å². The Morgan fingerprint density at radius 3 is 2.47 bits per heavy atom. The molecule has 0 heterocycles. The molecule has 4 nitrogen and oxygen atoms in total. The smallest absolute Gasteiger partial charge is 0.317 e. The molecule has 0 saturated heterocycles. The number of hydrogen-bond acceptors (Lipinski definition) is 2. The molecule has 0 radical (unpaired) electrons.